The average molecular weight is 216 g/mol. The Morgan fingerprint density at radius 2 is 2.25 bits per heavy atom. The highest BCUT2D eigenvalue weighted by Crippen LogP contribution is 2.19. The fraction of sp³-hybridized carbons (Fsp3) is 0.500. The second-order valence-electron chi connectivity index (χ2n) is 4.32. The third-order valence-corrected chi connectivity index (χ3v) is 3.02. The van der Waals surface area contributed by atoms with Crippen molar-refractivity contribution in [2.45, 2.75) is 13.0 Å². The average Bonchev–Trinajstić information content (AvgIpc) is 2.29. The van der Waals surface area contributed by atoms with E-state index in [9.17, 15) is 0 Å². The molecule has 0 aliphatic carbocycles. The van der Waals surface area contributed by atoms with Crippen molar-refractivity contribution in [3.63, 3.8) is 0 Å². The second-order valence-corrected chi connectivity index (χ2v) is 4.32. The molecule has 1 aliphatic heterocycles. The maximum atomic E-state index is 8.69. The standard InChI is InChI=1S/C12H16N4/c1-10-9-15(2)5-6-16(10)12-4-3-11(7-13)14-8-12/h3-4,8,10H,5-6,9H2,1-2H3. The number of hydrogen-bond donors (Lipinski definition) is 0. The smallest absolute Gasteiger partial charge is 0.140 e. The zero-order chi connectivity index (χ0) is 11.5. The van der Waals surface area contributed by atoms with E-state index in [0.29, 0.717) is 11.7 Å². The van der Waals surface area contributed by atoms with Crippen molar-refractivity contribution < 1.29 is 0 Å². The van der Waals surface area contributed by atoms with Crippen molar-refractivity contribution in [3.8, 4) is 6.07 Å². The molecular weight excluding hydrogens is 200 g/mol. The molecule has 16 heavy (non-hydrogen) atoms. The first-order valence-corrected chi connectivity index (χ1v) is 5.52. The van der Waals surface area contributed by atoms with Gasteiger partial charge in [0.05, 0.1) is 11.9 Å². The summed E-state index contributed by atoms with van der Waals surface area (Å²) in [5.74, 6) is 0. The Labute approximate surface area is 96.1 Å². The highest BCUT2D eigenvalue weighted by molar-refractivity contribution is 5.47. The Balaban J connectivity index is 2.14. The summed E-state index contributed by atoms with van der Waals surface area (Å²) in [5, 5.41) is 8.69. The van der Waals surface area contributed by atoms with Crippen LogP contribution in [0.4, 0.5) is 5.69 Å². The van der Waals surface area contributed by atoms with Crippen molar-refractivity contribution in [1.82, 2.24) is 9.88 Å². The van der Waals surface area contributed by atoms with Crippen LogP contribution in [0.1, 0.15) is 12.6 Å². The summed E-state index contributed by atoms with van der Waals surface area (Å²) in [5.41, 5.74) is 1.59. The van der Waals surface area contributed by atoms with Gasteiger partial charge in [0, 0.05) is 25.7 Å². The molecule has 84 valence electrons. The van der Waals surface area contributed by atoms with Gasteiger partial charge in [-0.15, -0.1) is 0 Å². The van der Waals surface area contributed by atoms with Gasteiger partial charge in [-0.2, -0.15) is 5.26 Å². The maximum Gasteiger partial charge on any atom is 0.140 e. The van der Waals surface area contributed by atoms with Gasteiger partial charge < -0.3 is 9.80 Å². The molecule has 0 spiro atoms. The summed E-state index contributed by atoms with van der Waals surface area (Å²) in [6.07, 6.45) is 1.79. The van der Waals surface area contributed by atoms with Crippen LogP contribution in [0.25, 0.3) is 0 Å². The number of pyridine rings is 1. The van der Waals surface area contributed by atoms with Gasteiger partial charge in [-0.05, 0) is 26.1 Å². The van der Waals surface area contributed by atoms with E-state index in [4.69, 9.17) is 5.26 Å². The number of anilines is 1. The first-order valence-electron chi connectivity index (χ1n) is 5.52. The molecule has 0 bridgehead atoms. The normalized spacial score (nSPS) is 21.8. The van der Waals surface area contributed by atoms with Crippen molar-refractivity contribution in [1.29, 1.82) is 5.26 Å². The minimum Gasteiger partial charge on any atom is -0.365 e. The van der Waals surface area contributed by atoms with E-state index < -0.39 is 0 Å². The summed E-state index contributed by atoms with van der Waals surface area (Å²) in [4.78, 5) is 8.78. The Hall–Kier alpha value is -1.60. The van der Waals surface area contributed by atoms with Gasteiger partial charge in [-0.3, -0.25) is 0 Å². The minimum atomic E-state index is 0.477. The van der Waals surface area contributed by atoms with Gasteiger partial charge in [-0.1, -0.05) is 0 Å². The summed E-state index contributed by atoms with van der Waals surface area (Å²) in [6, 6.07) is 6.29. The van der Waals surface area contributed by atoms with E-state index in [-0.39, 0.29) is 0 Å². The third kappa shape index (κ3) is 2.15. The lowest BCUT2D eigenvalue weighted by Crippen LogP contribution is -2.50. The summed E-state index contributed by atoms with van der Waals surface area (Å²) >= 11 is 0. The van der Waals surface area contributed by atoms with Crippen LogP contribution in [0, 0.1) is 11.3 Å². The molecule has 2 heterocycles. The highest BCUT2D eigenvalue weighted by atomic mass is 15.3. The molecule has 1 aliphatic rings. The van der Waals surface area contributed by atoms with Gasteiger partial charge in [0.2, 0.25) is 0 Å². The van der Waals surface area contributed by atoms with Crippen LogP contribution < -0.4 is 4.90 Å². The van der Waals surface area contributed by atoms with Crippen LogP contribution in [0.3, 0.4) is 0 Å². The zero-order valence-corrected chi connectivity index (χ0v) is 9.72. The number of nitriles is 1. The van der Waals surface area contributed by atoms with Crippen LogP contribution in [0.2, 0.25) is 0 Å². The molecule has 1 aromatic rings. The van der Waals surface area contributed by atoms with E-state index >= 15 is 0 Å². The number of rotatable bonds is 1. The van der Waals surface area contributed by atoms with E-state index in [1.54, 1.807) is 12.3 Å². The topological polar surface area (TPSA) is 43.2 Å². The van der Waals surface area contributed by atoms with Crippen molar-refractivity contribution in [3.05, 3.63) is 24.0 Å². The fourth-order valence-corrected chi connectivity index (χ4v) is 2.15. The highest BCUT2D eigenvalue weighted by Gasteiger charge is 2.21. The van der Waals surface area contributed by atoms with Gasteiger partial charge >= 0.3 is 0 Å². The number of likely N-dealkylation sites (N-methyl/N-ethyl adjacent to an activating group) is 1. The van der Waals surface area contributed by atoms with Crippen molar-refractivity contribution in [2.75, 3.05) is 31.6 Å². The van der Waals surface area contributed by atoms with Crippen LogP contribution in [-0.4, -0.2) is 42.6 Å². The number of nitrogens with zero attached hydrogens (tertiary/aromatic N) is 4. The Kier molecular flexibility index (Phi) is 3.07. The Morgan fingerprint density at radius 3 is 2.81 bits per heavy atom. The van der Waals surface area contributed by atoms with E-state index in [0.717, 1.165) is 25.3 Å². The van der Waals surface area contributed by atoms with Gasteiger partial charge in [-0.25, -0.2) is 4.98 Å². The molecule has 1 fully saturated rings. The predicted octanol–water partition coefficient (Wildman–Crippen LogP) is 1.09. The van der Waals surface area contributed by atoms with Gasteiger partial charge in [0.15, 0.2) is 0 Å². The molecule has 4 heteroatoms. The van der Waals surface area contributed by atoms with Crippen LogP contribution in [0.5, 0.6) is 0 Å². The molecule has 2 rings (SSSR count). The summed E-state index contributed by atoms with van der Waals surface area (Å²) < 4.78 is 0. The molecule has 0 saturated carbocycles. The number of aromatic nitrogens is 1. The minimum absolute atomic E-state index is 0.477. The number of hydrogen-bond acceptors (Lipinski definition) is 4. The lowest BCUT2D eigenvalue weighted by Gasteiger charge is -2.39. The molecule has 1 atom stereocenters. The molecule has 0 aromatic carbocycles. The quantitative estimate of drug-likeness (QED) is 0.705. The molecule has 0 N–H and O–H groups in total. The van der Waals surface area contributed by atoms with Gasteiger partial charge in [0.25, 0.3) is 0 Å². The van der Waals surface area contributed by atoms with Crippen molar-refractivity contribution in [2.24, 2.45) is 0 Å². The first kappa shape index (κ1) is 10.9. The monoisotopic (exact) mass is 216 g/mol. The largest absolute Gasteiger partial charge is 0.365 e. The van der Waals surface area contributed by atoms with E-state index in [2.05, 4.69) is 28.8 Å². The van der Waals surface area contributed by atoms with Crippen LogP contribution in [-0.2, 0) is 0 Å². The Morgan fingerprint density at radius 1 is 1.44 bits per heavy atom. The molecule has 1 unspecified atom stereocenters. The SMILES string of the molecule is CC1CN(C)CCN1c1ccc(C#N)nc1. The molecular formula is C12H16N4. The first-order chi connectivity index (χ1) is 7.70. The van der Waals surface area contributed by atoms with Crippen LogP contribution >= 0.6 is 0 Å². The van der Waals surface area contributed by atoms with Crippen molar-refractivity contribution >= 4 is 5.69 Å². The van der Waals surface area contributed by atoms with E-state index in [1.807, 2.05) is 12.1 Å². The summed E-state index contributed by atoms with van der Waals surface area (Å²) in [6.45, 7) is 5.38. The van der Waals surface area contributed by atoms with Gasteiger partial charge in [0.1, 0.15) is 11.8 Å². The molecule has 4 nitrogen and oxygen atoms in total. The Bertz CT molecular complexity index is 392. The molecule has 0 amide bonds. The zero-order valence-electron chi connectivity index (χ0n) is 9.72. The lowest BCUT2D eigenvalue weighted by molar-refractivity contribution is 0.275. The fourth-order valence-electron chi connectivity index (χ4n) is 2.15. The third-order valence-electron chi connectivity index (χ3n) is 3.02. The predicted molar refractivity (Wildman–Crippen MR) is 63.3 cm³/mol. The summed E-state index contributed by atoms with van der Waals surface area (Å²) in [7, 11) is 2.14. The number of piperazine rings is 1. The van der Waals surface area contributed by atoms with E-state index in [1.165, 1.54) is 0 Å². The second kappa shape index (κ2) is 4.50. The maximum absolute atomic E-state index is 8.69. The molecule has 1 saturated heterocycles. The van der Waals surface area contributed by atoms with Crippen LogP contribution in [0.15, 0.2) is 18.3 Å². The molecule has 0 radical (unpaired) electrons. The lowest BCUT2D eigenvalue weighted by atomic mass is 10.2. The molecule has 1 aromatic heterocycles.